The average molecular weight is 321 g/mol. The van der Waals surface area contributed by atoms with Crippen LogP contribution in [0.2, 0.25) is 0 Å². The normalized spacial score (nSPS) is 13.0. The molecule has 0 aliphatic heterocycles. The van der Waals surface area contributed by atoms with E-state index in [1.54, 1.807) is 0 Å². The monoisotopic (exact) mass is 321 g/mol. The van der Waals surface area contributed by atoms with Crippen molar-refractivity contribution in [2.75, 3.05) is 5.32 Å². The molecule has 0 amide bonds. The van der Waals surface area contributed by atoms with Crippen molar-refractivity contribution in [3.05, 3.63) is 103 Å². The predicted octanol–water partition coefficient (Wildman–Crippen LogP) is 6.43. The standard InChI is InChI=1S/C24H19N/c1-3-9-19(10-4-1)20-15-17-22(18-16-20)25-24-14-8-7-13-23(24)21-11-5-2-6-12-21/h1-5,7-11,13-15,17,25H,6,12H2. The van der Waals surface area contributed by atoms with E-state index in [0.29, 0.717) is 0 Å². The average Bonchev–Trinajstić information content (AvgIpc) is 2.70. The first-order valence-corrected chi connectivity index (χ1v) is 8.62. The number of benzene rings is 2. The second-order valence-electron chi connectivity index (χ2n) is 6.11. The molecule has 0 aromatic heterocycles. The zero-order valence-corrected chi connectivity index (χ0v) is 14.0. The highest BCUT2D eigenvalue weighted by atomic mass is 14.9. The molecular weight excluding hydrogens is 302 g/mol. The number of hydrogen-bond donors (Lipinski definition) is 1. The minimum atomic E-state index is 0.930. The highest BCUT2D eigenvalue weighted by molar-refractivity contribution is 5.80. The number of anilines is 2. The fraction of sp³-hybridized carbons (Fsp3) is 0.0833. The Hall–Kier alpha value is -3.24. The maximum atomic E-state index is 3.50. The van der Waals surface area contributed by atoms with Gasteiger partial charge in [0.25, 0.3) is 0 Å². The topological polar surface area (TPSA) is 12.0 Å². The second-order valence-corrected chi connectivity index (χ2v) is 6.11. The van der Waals surface area contributed by atoms with Crippen LogP contribution in [0.3, 0.4) is 0 Å². The summed E-state index contributed by atoms with van der Waals surface area (Å²) in [5, 5.41) is 3.50. The van der Waals surface area contributed by atoms with Crippen molar-refractivity contribution in [1.82, 2.24) is 0 Å². The molecule has 0 heterocycles. The molecule has 0 saturated heterocycles. The number of hydrogen-bond acceptors (Lipinski definition) is 1. The molecule has 0 fully saturated rings. The molecule has 4 rings (SSSR count). The summed E-state index contributed by atoms with van der Waals surface area (Å²) in [6, 6.07) is 29.4. The third-order valence-corrected chi connectivity index (χ3v) is 4.39. The van der Waals surface area contributed by atoms with Crippen molar-refractivity contribution in [2.24, 2.45) is 0 Å². The summed E-state index contributed by atoms with van der Waals surface area (Å²) in [6.45, 7) is 0. The third kappa shape index (κ3) is 3.49. The van der Waals surface area contributed by atoms with E-state index in [9.17, 15) is 0 Å². The molecule has 25 heavy (non-hydrogen) atoms. The van der Waals surface area contributed by atoms with Crippen LogP contribution in [0.15, 0.2) is 85.0 Å². The largest absolute Gasteiger partial charge is 0.348 e. The Balaban J connectivity index is 1.59. The molecule has 0 radical (unpaired) electrons. The Labute approximate surface area is 149 Å². The maximum Gasteiger partial charge on any atom is 0.0901 e. The number of nitrogens with one attached hydrogen (secondary N) is 1. The maximum absolute atomic E-state index is 3.50. The Bertz CT molecular complexity index is 902. The first kappa shape index (κ1) is 15.3. The molecule has 0 bridgehead atoms. The van der Waals surface area contributed by atoms with Crippen molar-refractivity contribution < 1.29 is 0 Å². The van der Waals surface area contributed by atoms with Crippen LogP contribution >= 0.6 is 0 Å². The van der Waals surface area contributed by atoms with Gasteiger partial charge in [0, 0.05) is 16.8 Å². The summed E-state index contributed by atoms with van der Waals surface area (Å²) in [7, 11) is 0. The minimum Gasteiger partial charge on any atom is -0.348 e. The second kappa shape index (κ2) is 7.11. The van der Waals surface area contributed by atoms with Crippen molar-refractivity contribution >= 4 is 16.9 Å². The Morgan fingerprint density at radius 2 is 1.64 bits per heavy atom. The summed E-state index contributed by atoms with van der Waals surface area (Å²) >= 11 is 0. The fourth-order valence-electron chi connectivity index (χ4n) is 3.09. The van der Waals surface area contributed by atoms with E-state index in [0.717, 1.165) is 35.3 Å². The SMILES string of the molecule is c1c(Nc2ccccc2C2=CC=CCC2)ccc(-c2ccccc2)c#1. The quantitative estimate of drug-likeness (QED) is 0.583. The first-order chi connectivity index (χ1) is 12.4. The van der Waals surface area contributed by atoms with E-state index in [2.05, 4.69) is 84.2 Å². The van der Waals surface area contributed by atoms with Gasteiger partial charge in [0.1, 0.15) is 0 Å². The van der Waals surface area contributed by atoms with Crippen LogP contribution in [0.1, 0.15) is 18.4 Å². The van der Waals surface area contributed by atoms with Gasteiger partial charge >= 0.3 is 0 Å². The first-order valence-electron chi connectivity index (χ1n) is 8.62. The zero-order valence-electron chi connectivity index (χ0n) is 14.0. The van der Waals surface area contributed by atoms with Crippen LogP contribution in [0.5, 0.6) is 0 Å². The lowest BCUT2D eigenvalue weighted by Gasteiger charge is -2.15. The highest BCUT2D eigenvalue weighted by Gasteiger charge is 2.08. The summed E-state index contributed by atoms with van der Waals surface area (Å²) in [5.41, 5.74) is 6.88. The zero-order chi connectivity index (χ0) is 16.9. The van der Waals surface area contributed by atoms with Gasteiger partial charge in [-0.15, -0.1) is 0 Å². The third-order valence-electron chi connectivity index (χ3n) is 4.39. The van der Waals surface area contributed by atoms with Gasteiger partial charge < -0.3 is 5.32 Å². The van der Waals surface area contributed by atoms with Gasteiger partial charge in [-0.05, 0) is 48.2 Å². The number of para-hydroxylation sites is 1. The van der Waals surface area contributed by atoms with E-state index in [1.165, 1.54) is 11.1 Å². The van der Waals surface area contributed by atoms with Gasteiger partial charge in [0.2, 0.25) is 0 Å². The molecule has 1 nitrogen and oxygen atoms in total. The lowest BCUT2D eigenvalue weighted by molar-refractivity contribution is 1.05. The van der Waals surface area contributed by atoms with Crippen molar-refractivity contribution in [3.8, 4) is 11.1 Å². The molecule has 0 spiro atoms. The van der Waals surface area contributed by atoms with Gasteiger partial charge in [0.15, 0.2) is 0 Å². The summed E-state index contributed by atoms with van der Waals surface area (Å²) in [6.07, 6.45) is 8.75. The van der Waals surface area contributed by atoms with E-state index in [-0.39, 0.29) is 0 Å². The van der Waals surface area contributed by atoms with Crippen molar-refractivity contribution in [2.45, 2.75) is 12.8 Å². The summed E-state index contributed by atoms with van der Waals surface area (Å²) in [5.74, 6) is 0. The van der Waals surface area contributed by atoms with Crippen LogP contribution in [-0.2, 0) is 0 Å². The summed E-state index contributed by atoms with van der Waals surface area (Å²) in [4.78, 5) is 0. The lowest BCUT2D eigenvalue weighted by atomic mass is 9.96. The molecule has 1 aliphatic carbocycles. The molecule has 3 aromatic rings. The Kier molecular flexibility index (Phi) is 4.35. The van der Waals surface area contributed by atoms with Crippen LogP contribution in [-0.4, -0.2) is 0 Å². The van der Waals surface area contributed by atoms with E-state index in [4.69, 9.17) is 0 Å². The highest BCUT2D eigenvalue weighted by Crippen LogP contribution is 2.31. The molecular formula is C24H19N. The smallest absolute Gasteiger partial charge is 0.0901 e. The molecule has 0 atom stereocenters. The Morgan fingerprint density at radius 1 is 0.800 bits per heavy atom. The van der Waals surface area contributed by atoms with Gasteiger partial charge in [-0.1, -0.05) is 72.8 Å². The van der Waals surface area contributed by atoms with Gasteiger partial charge in [-0.3, -0.25) is 0 Å². The van der Waals surface area contributed by atoms with Crippen molar-refractivity contribution in [3.63, 3.8) is 0 Å². The molecule has 0 unspecified atom stereocenters. The lowest BCUT2D eigenvalue weighted by Crippen LogP contribution is -1.96. The van der Waals surface area contributed by atoms with Crippen LogP contribution in [0.4, 0.5) is 11.4 Å². The molecule has 1 heteroatoms. The molecule has 0 saturated carbocycles. The van der Waals surface area contributed by atoms with Gasteiger partial charge in [-0.2, -0.15) is 0 Å². The van der Waals surface area contributed by atoms with E-state index >= 15 is 0 Å². The van der Waals surface area contributed by atoms with Gasteiger partial charge in [0.05, 0.1) is 5.69 Å². The predicted molar refractivity (Wildman–Crippen MR) is 106 cm³/mol. The summed E-state index contributed by atoms with van der Waals surface area (Å²) < 4.78 is 0. The molecule has 1 N–H and O–H groups in total. The van der Waals surface area contributed by atoms with Crippen LogP contribution in [0.25, 0.3) is 16.7 Å². The molecule has 1 aliphatic rings. The van der Waals surface area contributed by atoms with Crippen molar-refractivity contribution in [1.29, 1.82) is 0 Å². The number of rotatable bonds is 4. The molecule has 3 aromatic carbocycles. The Morgan fingerprint density at radius 3 is 2.40 bits per heavy atom. The molecule has 120 valence electrons. The minimum absolute atomic E-state index is 0.930. The van der Waals surface area contributed by atoms with E-state index in [1.807, 2.05) is 18.2 Å². The number of allylic oxidation sites excluding steroid dienone is 4. The van der Waals surface area contributed by atoms with Crippen LogP contribution < -0.4 is 5.32 Å². The van der Waals surface area contributed by atoms with Gasteiger partial charge in [-0.25, -0.2) is 0 Å². The van der Waals surface area contributed by atoms with Crippen LogP contribution in [0, 0.1) is 12.1 Å². The fourth-order valence-corrected chi connectivity index (χ4v) is 3.09. The van der Waals surface area contributed by atoms with E-state index < -0.39 is 0 Å².